The summed E-state index contributed by atoms with van der Waals surface area (Å²) in [6.07, 6.45) is 4.49. The SMILES string of the molecule is CCCn1c(-c2ccc(Nc3ccc(C)nc3)cn2)nc2ccc(F)cc21. The molecular weight excluding hydrogens is 341 g/mol. The van der Waals surface area contributed by atoms with Gasteiger partial charge in [0.15, 0.2) is 5.82 Å². The minimum absolute atomic E-state index is 0.259. The second-order valence-corrected chi connectivity index (χ2v) is 6.47. The molecular formula is C21H20FN5. The van der Waals surface area contributed by atoms with Gasteiger partial charge in [-0.25, -0.2) is 9.37 Å². The fourth-order valence-electron chi connectivity index (χ4n) is 3.05. The quantitative estimate of drug-likeness (QED) is 0.538. The number of fused-ring (bicyclic) bond motifs is 1. The van der Waals surface area contributed by atoms with Crippen molar-refractivity contribution in [2.24, 2.45) is 0 Å². The van der Waals surface area contributed by atoms with Crippen LogP contribution in [0.1, 0.15) is 19.0 Å². The smallest absolute Gasteiger partial charge is 0.159 e. The minimum Gasteiger partial charge on any atom is -0.353 e. The molecule has 27 heavy (non-hydrogen) atoms. The Bertz CT molecular complexity index is 1070. The average Bonchev–Trinajstić information content (AvgIpc) is 3.02. The molecule has 1 aromatic carbocycles. The van der Waals surface area contributed by atoms with Crippen LogP contribution in [0.2, 0.25) is 0 Å². The fraction of sp³-hybridized carbons (Fsp3) is 0.190. The standard InChI is InChI=1S/C21H20FN5/c1-3-10-27-20-11-15(22)5-8-18(20)26-21(27)19-9-7-17(13-24-19)25-16-6-4-14(2)23-12-16/h4-9,11-13,25H,3,10H2,1-2H3. The van der Waals surface area contributed by atoms with Crippen LogP contribution in [0.4, 0.5) is 15.8 Å². The number of anilines is 2. The number of pyridine rings is 2. The normalized spacial score (nSPS) is 11.1. The van der Waals surface area contributed by atoms with Crippen molar-refractivity contribution >= 4 is 22.4 Å². The number of benzene rings is 1. The maximum absolute atomic E-state index is 13.7. The van der Waals surface area contributed by atoms with E-state index in [-0.39, 0.29) is 5.82 Å². The molecule has 0 spiro atoms. The number of imidazole rings is 1. The van der Waals surface area contributed by atoms with Crippen molar-refractivity contribution in [3.8, 4) is 11.5 Å². The summed E-state index contributed by atoms with van der Waals surface area (Å²) in [6.45, 7) is 4.80. The maximum Gasteiger partial charge on any atom is 0.159 e. The molecule has 6 heteroatoms. The van der Waals surface area contributed by atoms with Crippen LogP contribution >= 0.6 is 0 Å². The minimum atomic E-state index is -0.259. The molecule has 0 saturated heterocycles. The lowest BCUT2D eigenvalue weighted by molar-refractivity contribution is 0.627. The molecule has 0 atom stereocenters. The van der Waals surface area contributed by atoms with Gasteiger partial charge in [0.05, 0.1) is 34.8 Å². The first-order chi connectivity index (χ1) is 13.1. The molecule has 0 bridgehead atoms. The van der Waals surface area contributed by atoms with Crippen LogP contribution in [0.15, 0.2) is 54.9 Å². The summed E-state index contributed by atoms with van der Waals surface area (Å²) in [5.74, 6) is 0.492. The van der Waals surface area contributed by atoms with Gasteiger partial charge in [-0.1, -0.05) is 6.92 Å². The Morgan fingerprint density at radius 2 is 1.78 bits per heavy atom. The van der Waals surface area contributed by atoms with Gasteiger partial charge in [-0.05, 0) is 55.8 Å². The highest BCUT2D eigenvalue weighted by Gasteiger charge is 2.14. The molecule has 0 aliphatic carbocycles. The molecule has 4 aromatic rings. The first kappa shape index (κ1) is 17.1. The third-order valence-electron chi connectivity index (χ3n) is 4.35. The Hall–Kier alpha value is -3.28. The van der Waals surface area contributed by atoms with Gasteiger partial charge in [-0.3, -0.25) is 9.97 Å². The van der Waals surface area contributed by atoms with Crippen LogP contribution in [0.3, 0.4) is 0 Å². The summed E-state index contributed by atoms with van der Waals surface area (Å²) in [7, 11) is 0. The highest BCUT2D eigenvalue weighted by molar-refractivity contribution is 5.80. The summed E-state index contributed by atoms with van der Waals surface area (Å²) < 4.78 is 15.7. The summed E-state index contributed by atoms with van der Waals surface area (Å²) in [4.78, 5) is 13.5. The number of nitrogens with one attached hydrogen (secondary N) is 1. The first-order valence-electron chi connectivity index (χ1n) is 8.96. The zero-order valence-corrected chi connectivity index (χ0v) is 15.3. The number of nitrogens with zero attached hydrogens (tertiary/aromatic N) is 4. The van der Waals surface area contributed by atoms with E-state index >= 15 is 0 Å². The van der Waals surface area contributed by atoms with E-state index in [1.807, 2.05) is 35.8 Å². The Balaban J connectivity index is 1.67. The molecule has 0 radical (unpaired) electrons. The van der Waals surface area contributed by atoms with Crippen LogP contribution in [-0.4, -0.2) is 19.5 Å². The van der Waals surface area contributed by atoms with Gasteiger partial charge in [-0.15, -0.1) is 0 Å². The van der Waals surface area contributed by atoms with Crippen LogP contribution in [0.5, 0.6) is 0 Å². The fourth-order valence-corrected chi connectivity index (χ4v) is 3.05. The number of rotatable bonds is 5. The van der Waals surface area contributed by atoms with Crippen LogP contribution in [0, 0.1) is 12.7 Å². The van der Waals surface area contributed by atoms with Crippen molar-refractivity contribution in [2.75, 3.05) is 5.32 Å². The van der Waals surface area contributed by atoms with Gasteiger partial charge in [0.25, 0.3) is 0 Å². The van der Waals surface area contributed by atoms with E-state index in [1.165, 1.54) is 12.1 Å². The number of aromatic nitrogens is 4. The van der Waals surface area contributed by atoms with E-state index in [2.05, 4.69) is 27.2 Å². The topological polar surface area (TPSA) is 55.6 Å². The Morgan fingerprint density at radius 3 is 2.44 bits per heavy atom. The molecule has 0 aliphatic rings. The average molecular weight is 361 g/mol. The second kappa shape index (κ2) is 7.15. The van der Waals surface area contributed by atoms with Crippen LogP contribution in [-0.2, 0) is 6.54 Å². The zero-order valence-electron chi connectivity index (χ0n) is 15.3. The molecule has 4 rings (SSSR count). The molecule has 3 heterocycles. The molecule has 3 aromatic heterocycles. The maximum atomic E-state index is 13.7. The second-order valence-electron chi connectivity index (χ2n) is 6.47. The van der Waals surface area contributed by atoms with Crippen molar-refractivity contribution < 1.29 is 4.39 Å². The van der Waals surface area contributed by atoms with E-state index in [9.17, 15) is 4.39 Å². The van der Waals surface area contributed by atoms with Gasteiger partial charge in [0, 0.05) is 12.2 Å². The molecule has 0 unspecified atom stereocenters. The van der Waals surface area contributed by atoms with Gasteiger partial charge in [0.2, 0.25) is 0 Å². The molecule has 136 valence electrons. The highest BCUT2D eigenvalue weighted by Crippen LogP contribution is 2.26. The largest absolute Gasteiger partial charge is 0.353 e. The monoisotopic (exact) mass is 361 g/mol. The van der Waals surface area contributed by atoms with Crippen molar-refractivity contribution in [1.29, 1.82) is 0 Å². The lowest BCUT2D eigenvalue weighted by Gasteiger charge is -2.09. The Kier molecular flexibility index (Phi) is 4.54. The Labute approximate surface area is 156 Å². The van der Waals surface area contributed by atoms with Gasteiger partial charge >= 0.3 is 0 Å². The molecule has 0 saturated carbocycles. The third kappa shape index (κ3) is 3.51. The van der Waals surface area contributed by atoms with Crippen LogP contribution < -0.4 is 5.32 Å². The molecule has 5 nitrogen and oxygen atoms in total. The summed E-state index contributed by atoms with van der Waals surface area (Å²) >= 11 is 0. The third-order valence-corrected chi connectivity index (χ3v) is 4.35. The van der Waals surface area contributed by atoms with Crippen molar-refractivity contribution in [3.05, 3.63) is 66.4 Å². The predicted octanol–water partition coefficient (Wildman–Crippen LogP) is 5.09. The highest BCUT2D eigenvalue weighted by atomic mass is 19.1. The lowest BCUT2D eigenvalue weighted by atomic mass is 10.3. The van der Waals surface area contributed by atoms with E-state index in [1.54, 1.807) is 18.5 Å². The first-order valence-corrected chi connectivity index (χ1v) is 8.96. The summed E-state index contributed by atoms with van der Waals surface area (Å²) in [5, 5.41) is 3.28. The van der Waals surface area contributed by atoms with Crippen LogP contribution in [0.25, 0.3) is 22.6 Å². The predicted molar refractivity (Wildman–Crippen MR) is 105 cm³/mol. The Morgan fingerprint density at radius 1 is 1.00 bits per heavy atom. The zero-order chi connectivity index (χ0) is 18.8. The number of hydrogen-bond acceptors (Lipinski definition) is 4. The van der Waals surface area contributed by atoms with Crippen molar-refractivity contribution in [1.82, 2.24) is 19.5 Å². The van der Waals surface area contributed by atoms with E-state index in [0.29, 0.717) is 0 Å². The van der Waals surface area contributed by atoms with Gasteiger partial charge < -0.3 is 9.88 Å². The van der Waals surface area contributed by atoms with Crippen molar-refractivity contribution in [3.63, 3.8) is 0 Å². The number of hydrogen-bond donors (Lipinski definition) is 1. The molecule has 0 aliphatic heterocycles. The summed E-state index contributed by atoms with van der Waals surface area (Å²) in [6, 6.07) is 12.5. The molecule has 0 fully saturated rings. The van der Waals surface area contributed by atoms with E-state index in [0.717, 1.165) is 52.6 Å². The lowest BCUT2D eigenvalue weighted by Crippen LogP contribution is -2.01. The number of halogens is 1. The molecule has 1 N–H and O–H groups in total. The van der Waals surface area contributed by atoms with Gasteiger partial charge in [-0.2, -0.15) is 0 Å². The molecule has 0 amide bonds. The summed E-state index contributed by atoms with van der Waals surface area (Å²) in [5.41, 5.74) is 5.07. The van der Waals surface area contributed by atoms with E-state index in [4.69, 9.17) is 0 Å². The van der Waals surface area contributed by atoms with Gasteiger partial charge in [0.1, 0.15) is 11.5 Å². The van der Waals surface area contributed by atoms with Crippen molar-refractivity contribution in [2.45, 2.75) is 26.8 Å². The van der Waals surface area contributed by atoms with E-state index < -0.39 is 0 Å². The number of aryl methyl sites for hydroxylation is 2.